The van der Waals surface area contributed by atoms with Crippen LogP contribution in [0.4, 0.5) is 0 Å². The molecule has 1 unspecified atom stereocenters. The van der Waals surface area contributed by atoms with Crippen LogP contribution < -0.4 is 10.6 Å². The molecule has 3 aliphatic heterocycles. The maximum atomic E-state index is 12.8. The lowest BCUT2D eigenvalue weighted by Crippen LogP contribution is -2.52. The van der Waals surface area contributed by atoms with E-state index in [4.69, 9.17) is 0 Å². The van der Waals surface area contributed by atoms with Crippen LogP contribution in [-0.2, 0) is 35.5 Å². The summed E-state index contributed by atoms with van der Waals surface area (Å²) in [6, 6.07) is 11.0. The van der Waals surface area contributed by atoms with Gasteiger partial charge in [0.1, 0.15) is 6.04 Å². The fourth-order valence-electron chi connectivity index (χ4n) is 4.84. The lowest BCUT2D eigenvalue weighted by Gasteiger charge is -2.29. The largest absolute Gasteiger partial charge is 0.322 e. The number of piperidine rings is 1. The lowest BCUT2D eigenvalue weighted by molar-refractivity contribution is -0.136. The number of Topliss-reactive ketones (excluding diaryl/α,β-unsaturated/α-hetero) is 1. The summed E-state index contributed by atoms with van der Waals surface area (Å²) >= 11 is 0. The summed E-state index contributed by atoms with van der Waals surface area (Å²) in [7, 11) is 0. The van der Waals surface area contributed by atoms with Gasteiger partial charge in [0.2, 0.25) is 11.8 Å². The monoisotopic (exact) mass is 431 g/mol. The van der Waals surface area contributed by atoms with Crippen molar-refractivity contribution in [1.82, 2.24) is 15.5 Å². The first kappa shape index (κ1) is 20.6. The van der Waals surface area contributed by atoms with Crippen LogP contribution >= 0.6 is 0 Å². The van der Waals surface area contributed by atoms with Gasteiger partial charge in [0.15, 0.2) is 5.78 Å². The molecule has 3 amide bonds. The van der Waals surface area contributed by atoms with Gasteiger partial charge in [-0.15, -0.1) is 0 Å². The van der Waals surface area contributed by atoms with E-state index in [1.165, 1.54) is 11.1 Å². The lowest BCUT2D eigenvalue weighted by atomic mass is 9.95. The normalized spacial score (nSPS) is 20.1. The van der Waals surface area contributed by atoms with Crippen LogP contribution in [0.15, 0.2) is 36.4 Å². The first-order valence-corrected chi connectivity index (χ1v) is 11.1. The van der Waals surface area contributed by atoms with Crippen LogP contribution in [0.1, 0.15) is 62.2 Å². The van der Waals surface area contributed by atoms with Gasteiger partial charge in [-0.1, -0.05) is 24.3 Å². The second kappa shape index (κ2) is 8.31. The van der Waals surface area contributed by atoms with Crippen molar-refractivity contribution < 1.29 is 19.2 Å². The molecule has 3 aliphatic rings. The van der Waals surface area contributed by atoms with Gasteiger partial charge in [-0.2, -0.15) is 0 Å². The molecule has 1 saturated heterocycles. The number of nitrogens with zero attached hydrogens (tertiary/aromatic N) is 1. The van der Waals surface area contributed by atoms with E-state index in [2.05, 4.69) is 16.7 Å². The molecule has 3 heterocycles. The number of hydrogen-bond donors (Lipinski definition) is 2. The smallest absolute Gasteiger partial charge is 0.255 e. The number of fused-ring (bicyclic) bond motifs is 2. The third-order valence-electron chi connectivity index (χ3n) is 6.64. The van der Waals surface area contributed by atoms with Crippen LogP contribution in [0.3, 0.4) is 0 Å². The van der Waals surface area contributed by atoms with Crippen molar-refractivity contribution in [1.29, 1.82) is 0 Å². The van der Waals surface area contributed by atoms with Crippen LogP contribution in [0, 0.1) is 0 Å². The molecule has 1 fully saturated rings. The van der Waals surface area contributed by atoms with Gasteiger partial charge in [0.05, 0.1) is 0 Å². The Morgan fingerprint density at radius 1 is 1.00 bits per heavy atom. The van der Waals surface area contributed by atoms with Crippen molar-refractivity contribution in [3.05, 3.63) is 69.8 Å². The van der Waals surface area contributed by atoms with Gasteiger partial charge in [-0.05, 0) is 60.2 Å². The van der Waals surface area contributed by atoms with Gasteiger partial charge < -0.3 is 10.2 Å². The van der Waals surface area contributed by atoms with Gasteiger partial charge in [0, 0.05) is 37.1 Å². The molecule has 0 saturated carbocycles. The summed E-state index contributed by atoms with van der Waals surface area (Å²) in [5.41, 5.74) is 5.70. The van der Waals surface area contributed by atoms with Gasteiger partial charge in [-0.3, -0.25) is 24.5 Å². The summed E-state index contributed by atoms with van der Waals surface area (Å²) in [6.45, 7) is 2.13. The molecule has 1 atom stereocenters. The van der Waals surface area contributed by atoms with Crippen molar-refractivity contribution in [2.24, 2.45) is 0 Å². The van der Waals surface area contributed by atoms with Crippen LogP contribution in [0.2, 0.25) is 0 Å². The maximum Gasteiger partial charge on any atom is 0.255 e. The van der Waals surface area contributed by atoms with E-state index in [0.717, 1.165) is 36.2 Å². The number of hydrogen-bond acceptors (Lipinski definition) is 5. The number of amides is 3. The molecule has 2 aromatic carbocycles. The van der Waals surface area contributed by atoms with Crippen molar-refractivity contribution in [2.45, 2.75) is 51.2 Å². The SMILES string of the molecule is O=C1CCC(N2Cc3cc(CCC(=O)c4ccc5c(c4)CNCC5)ccc3C2=O)C(=O)N1. The molecule has 0 spiro atoms. The zero-order valence-corrected chi connectivity index (χ0v) is 17.8. The number of ketones is 1. The van der Waals surface area contributed by atoms with E-state index in [-0.39, 0.29) is 24.0 Å². The highest BCUT2D eigenvalue weighted by Crippen LogP contribution is 2.28. The Hall–Kier alpha value is -3.32. The average molecular weight is 431 g/mol. The molecule has 0 bridgehead atoms. The zero-order valence-electron chi connectivity index (χ0n) is 17.8. The molecule has 0 aliphatic carbocycles. The van der Waals surface area contributed by atoms with Crippen LogP contribution in [0.25, 0.3) is 0 Å². The van der Waals surface area contributed by atoms with Gasteiger partial charge in [0.25, 0.3) is 5.91 Å². The minimum atomic E-state index is -0.615. The van der Waals surface area contributed by atoms with E-state index >= 15 is 0 Å². The third-order valence-corrected chi connectivity index (χ3v) is 6.64. The number of imide groups is 1. The zero-order chi connectivity index (χ0) is 22.2. The number of nitrogens with one attached hydrogen (secondary N) is 2. The first-order valence-electron chi connectivity index (χ1n) is 11.1. The van der Waals surface area contributed by atoms with Crippen molar-refractivity contribution in [2.75, 3.05) is 6.54 Å². The van der Waals surface area contributed by atoms with E-state index in [1.807, 2.05) is 24.3 Å². The molecule has 7 nitrogen and oxygen atoms in total. The molecular weight excluding hydrogens is 406 g/mol. The molecular formula is C25H25N3O4. The molecule has 164 valence electrons. The molecule has 2 aromatic rings. The van der Waals surface area contributed by atoms with E-state index < -0.39 is 11.9 Å². The van der Waals surface area contributed by atoms with Crippen LogP contribution in [0.5, 0.6) is 0 Å². The number of aryl methyl sites for hydroxylation is 1. The molecule has 0 aromatic heterocycles. The molecule has 5 rings (SSSR count). The summed E-state index contributed by atoms with van der Waals surface area (Å²) in [5.74, 6) is -0.772. The van der Waals surface area contributed by atoms with E-state index in [0.29, 0.717) is 31.4 Å². The number of rotatable bonds is 5. The van der Waals surface area contributed by atoms with Gasteiger partial charge in [-0.25, -0.2) is 0 Å². The molecule has 7 heteroatoms. The predicted molar refractivity (Wildman–Crippen MR) is 117 cm³/mol. The second-order valence-corrected chi connectivity index (χ2v) is 8.72. The highest BCUT2D eigenvalue weighted by atomic mass is 16.2. The Morgan fingerprint density at radius 3 is 2.72 bits per heavy atom. The Balaban J connectivity index is 1.25. The topological polar surface area (TPSA) is 95.6 Å². The Labute approximate surface area is 186 Å². The summed E-state index contributed by atoms with van der Waals surface area (Å²) in [6.07, 6.45) is 2.57. The maximum absolute atomic E-state index is 12.8. The molecule has 2 N–H and O–H groups in total. The van der Waals surface area contributed by atoms with E-state index in [9.17, 15) is 19.2 Å². The van der Waals surface area contributed by atoms with Crippen molar-refractivity contribution in [3.63, 3.8) is 0 Å². The molecule has 32 heavy (non-hydrogen) atoms. The third kappa shape index (κ3) is 3.84. The molecule has 0 radical (unpaired) electrons. The Kier molecular flexibility index (Phi) is 5.35. The quantitative estimate of drug-likeness (QED) is 0.557. The number of benzene rings is 2. The summed E-state index contributed by atoms with van der Waals surface area (Å²) < 4.78 is 0. The summed E-state index contributed by atoms with van der Waals surface area (Å²) in [5, 5.41) is 5.66. The fourth-order valence-corrected chi connectivity index (χ4v) is 4.84. The Bertz CT molecular complexity index is 1140. The highest BCUT2D eigenvalue weighted by Gasteiger charge is 2.39. The van der Waals surface area contributed by atoms with Gasteiger partial charge >= 0.3 is 0 Å². The minimum Gasteiger partial charge on any atom is -0.322 e. The highest BCUT2D eigenvalue weighted by molar-refractivity contribution is 6.05. The average Bonchev–Trinajstić information content (AvgIpc) is 3.12. The predicted octanol–water partition coefficient (Wildman–Crippen LogP) is 1.91. The van der Waals surface area contributed by atoms with Crippen molar-refractivity contribution >= 4 is 23.5 Å². The number of carbonyl (C=O) groups excluding carboxylic acids is 4. The fraction of sp³-hybridized carbons (Fsp3) is 0.360. The van der Waals surface area contributed by atoms with Crippen molar-refractivity contribution in [3.8, 4) is 0 Å². The first-order chi connectivity index (χ1) is 15.5. The van der Waals surface area contributed by atoms with Crippen LogP contribution in [-0.4, -0.2) is 41.0 Å². The standard InChI is InChI=1S/C25H25N3O4/c29-22(17-4-3-16-9-10-26-13-18(16)12-17)7-2-15-1-5-20-19(11-15)14-28(25(20)32)21-6-8-23(30)27-24(21)31/h1,3-5,11-12,21,26H,2,6-10,13-14H2,(H,27,30,31). The summed E-state index contributed by atoms with van der Waals surface area (Å²) in [4.78, 5) is 50.7. The minimum absolute atomic E-state index is 0.111. The number of carbonyl (C=O) groups is 4. The second-order valence-electron chi connectivity index (χ2n) is 8.72. The Morgan fingerprint density at radius 2 is 1.88 bits per heavy atom. The van der Waals surface area contributed by atoms with E-state index in [1.54, 1.807) is 11.0 Å².